The molecule has 4 rings (SSSR count). The van der Waals surface area contributed by atoms with E-state index in [0.29, 0.717) is 37.3 Å². The second kappa shape index (κ2) is 7.63. The van der Waals surface area contributed by atoms with Crippen LogP contribution in [-0.4, -0.2) is 33.9 Å². The molecule has 144 valence electrons. The highest BCUT2D eigenvalue weighted by molar-refractivity contribution is 7.13. The normalized spacial score (nSPS) is 15.1. The Morgan fingerprint density at radius 2 is 2.07 bits per heavy atom. The number of aromatic nitrogens is 3. The summed E-state index contributed by atoms with van der Waals surface area (Å²) < 4.78 is 14.2. The molecule has 0 radical (unpaired) electrons. The van der Waals surface area contributed by atoms with E-state index in [-0.39, 0.29) is 11.7 Å². The molecule has 1 aliphatic heterocycles. The van der Waals surface area contributed by atoms with Gasteiger partial charge in [-0.2, -0.15) is 0 Å². The van der Waals surface area contributed by atoms with Gasteiger partial charge in [0.2, 0.25) is 5.91 Å². The number of anilines is 1. The third kappa shape index (κ3) is 3.73. The molecule has 28 heavy (non-hydrogen) atoms. The lowest BCUT2D eigenvalue weighted by molar-refractivity contribution is -0.132. The van der Waals surface area contributed by atoms with Crippen molar-refractivity contribution in [3.8, 4) is 0 Å². The molecule has 1 amide bonds. The number of carbonyl (C=O) groups is 1. The average molecular weight is 397 g/mol. The number of hydrogen-bond acceptors (Lipinski definition) is 6. The summed E-state index contributed by atoms with van der Waals surface area (Å²) in [6, 6.07) is 6.62. The number of carbonyl (C=O) groups excluding carboxylic acids is 1. The van der Waals surface area contributed by atoms with Crippen molar-refractivity contribution in [1.29, 1.82) is 0 Å². The fourth-order valence-electron chi connectivity index (χ4n) is 3.40. The van der Waals surface area contributed by atoms with Gasteiger partial charge >= 0.3 is 0 Å². The van der Waals surface area contributed by atoms with Gasteiger partial charge in [0.1, 0.15) is 5.82 Å². The number of halogens is 1. The number of rotatable bonds is 6. The van der Waals surface area contributed by atoms with Gasteiger partial charge in [0.05, 0.1) is 29.5 Å². The Balaban J connectivity index is 1.50. The number of benzene rings is 1. The first-order valence-electron chi connectivity index (χ1n) is 8.99. The van der Waals surface area contributed by atoms with Gasteiger partial charge in [0, 0.05) is 30.9 Å². The summed E-state index contributed by atoms with van der Waals surface area (Å²) in [6.07, 6.45) is 5.41. The molecule has 6 nitrogen and oxygen atoms in total. The SMILES string of the molecule is Cc1cnc(CNC(=O)C2(Cc3ccccc3F)CN(c3nccs3)C2)cn1. The molecule has 0 unspecified atom stereocenters. The van der Waals surface area contributed by atoms with Crippen molar-refractivity contribution in [3.63, 3.8) is 0 Å². The molecular formula is C20H20FN5OS. The molecular weight excluding hydrogens is 377 g/mol. The zero-order chi connectivity index (χ0) is 19.6. The van der Waals surface area contributed by atoms with Gasteiger partial charge in [-0.25, -0.2) is 9.37 Å². The maximum Gasteiger partial charge on any atom is 0.230 e. The van der Waals surface area contributed by atoms with Crippen LogP contribution in [0, 0.1) is 18.2 Å². The zero-order valence-corrected chi connectivity index (χ0v) is 16.2. The minimum atomic E-state index is -0.702. The lowest BCUT2D eigenvalue weighted by Crippen LogP contribution is -2.64. The third-order valence-corrected chi connectivity index (χ3v) is 5.74. The average Bonchev–Trinajstić information content (AvgIpc) is 3.19. The molecule has 1 fully saturated rings. The Morgan fingerprint density at radius 3 is 2.75 bits per heavy atom. The first-order valence-corrected chi connectivity index (χ1v) is 9.87. The monoisotopic (exact) mass is 397 g/mol. The summed E-state index contributed by atoms with van der Waals surface area (Å²) in [5, 5.41) is 5.74. The van der Waals surface area contributed by atoms with Crippen LogP contribution in [0.3, 0.4) is 0 Å². The van der Waals surface area contributed by atoms with E-state index in [0.717, 1.165) is 10.8 Å². The number of aryl methyl sites for hydroxylation is 1. The van der Waals surface area contributed by atoms with Gasteiger partial charge in [-0.15, -0.1) is 11.3 Å². The van der Waals surface area contributed by atoms with Crippen molar-refractivity contribution in [2.45, 2.75) is 19.9 Å². The number of thiazole rings is 1. The van der Waals surface area contributed by atoms with Gasteiger partial charge in [0.15, 0.2) is 5.13 Å². The Hall–Kier alpha value is -2.87. The van der Waals surface area contributed by atoms with Crippen LogP contribution >= 0.6 is 11.3 Å². The lowest BCUT2D eigenvalue weighted by atomic mass is 9.74. The Bertz CT molecular complexity index is 955. The maximum absolute atomic E-state index is 14.2. The number of amides is 1. The second-order valence-corrected chi connectivity index (χ2v) is 7.92. The molecule has 0 atom stereocenters. The van der Waals surface area contributed by atoms with E-state index < -0.39 is 5.41 Å². The fraction of sp³-hybridized carbons (Fsp3) is 0.300. The largest absolute Gasteiger partial charge is 0.350 e. The molecule has 1 N–H and O–H groups in total. The van der Waals surface area contributed by atoms with Crippen molar-refractivity contribution in [1.82, 2.24) is 20.3 Å². The van der Waals surface area contributed by atoms with E-state index in [1.165, 1.54) is 17.4 Å². The minimum absolute atomic E-state index is 0.106. The summed E-state index contributed by atoms with van der Waals surface area (Å²) in [6.45, 7) is 3.16. The molecule has 2 aromatic heterocycles. The molecule has 1 aromatic carbocycles. The first kappa shape index (κ1) is 18.5. The second-order valence-electron chi connectivity index (χ2n) is 7.05. The Kier molecular flexibility index (Phi) is 5.04. The molecule has 0 bridgehead atoms. The van der Waals surface area contributed by atoms with Crippen molar-refractivity contribution in [3.05, 3.63) is 71.0 Å². The van der Waals surface area contributed by atoms with Crippen LogP contribution in [0.15, 0.2) is 48.2 Å². The van der Waals surface area contributed by atoms with Gasteiger partial charge in [0.25, 0.3) is 0 Å². The Labute approximate surface area is 166 Å². The summed E-state index contributed by atoms with van der Waals surface area (Å²) in [4.78, 5) is 27.9. The minimum Gasteiger partial charge on any atom is -0.350 e. The van der Waals surface area contributed by atoms with Crippen molar-refractivity contribution >= 4 is 22.4 Å². The first-order chi connectivity index (χ1) is 13.6. The molecule has 3 heterocycles. The highest BCUT2D eigenvalue weighted by Crippen LogP contribution is 2.39. The maximum atomic E-state index is 14.2. The van der Waals surface area contributed by atoms with E-state index >= 15 is 0 Å². The van der Waals surface area contributed by atoms with Gasteiger partial charge in [-0.1, -0.05) is 18.2 Å². The van der Waals surface area contributed by atoms with Crippen LogP contribution < -0.4 is 10.2 Å². The highest BCUT2D eigenvalue weighted by Gasteiger charge is 2.50. The molecule has 0 spiro atoms. The molecule has 0 aliphatic carbocycles. The highest BCUT2D eigenvalue weighted by atomic mass is 32.1. The predicted molar refractivity (Wildman–Crippen MR) is 105 cm³/mol. The van der Waals surface area contributed by atoms with E-state index in [1.807, 2.05) is 12.3 Å². The van der Waals surface area contributed by atoms with Crippen LogP contribution in [0.4, 0.5) is 9.52 Å². The summed E-state index contributed by atoms with van der Waals surface area (Å²) in [5.74, 6) is -0.391. The summed E-state index contributed by atoms with van der Waals surface area (Å²) >= 11 is 1.53. The zero-order valence-electron chi connectivity index (χ0n) is 15.4. The van der Waals surface area contributed by atoms with E-state index in [2.05, 4.69) is 25.2 Å². The quantitative estimate of drug-likeness (QED) is 0.693. The lowest BCUT2D eigenvalue weighted by Gasteiger charge is -2.49. The van der Waals surface area contributed by atoms with Crippen molar-refractivity contribution < 1.29 is 9.18 Å². The van der Waals surface area contributed by atoms with Crippen LogP contribution in [0.25, 0.3) is 0 Å². The van der Waals surface area contributed by atoms with Crippen molar-refractivity contribution in [2.24, 2.45) is 5.41 Å². The molecule has 3 aromatic rings. The topological polar surface area (TPSA) is 71.0 Å². The number of nitrogens with zero attached hydrogens (tertiary/aromatic N) is 4. The van der Waals surface area contributed by atoms with Crippen LogP contribution in [-0.2, 0) is 17.8 Å². The third-order valence-electron chi connectivity index (χ3n) is 4.91. The van der Waals surface area contributed by atoms with Crippen LogP contribution in [0.5, 0.6) is 0 Å². The van der Waals surface area contributed by atoms with E-state index in [4.69, 9.17) is 0 Å². The van der Waals surface area contributed by atoms with Crippen LogP contribution in [0.1, 0.15) is 17.0 Å². The van der Waals surface area contributed by atoms with Gasteiger partial charge in [-0.05, 0) is 25.0 Å². The predicted octanol–water partition coefficient (Wildman–Crippen LogP) is 2.75. The standard InChI is InChI=1S/C20H20FN5OS/c1-14-9-24-16(10-23-14)11-25-18(27)20(8-15-4-2-3-5-17(15)21)12-26(13-20)19-22-6-7-28-19/h2-7,9-10H,8,11-13H2,1H3,(H,25,27). The fourth-order valence-corrected chi connectivity index (χ4v) is 4.05. The summed E-state index contributed by atoms with van der Waals surface area (Å²) in [7, 11) is 0. The molecule has 8 heteroatoms. The smallest absolute Gasteiger partial charge is 0.230 e. The number of hydrogen-bond donors (Lipinski definition) is 1. The summed E-state index contributed by atoms with van der Waals surface area (Å²) in [5.41, 5.74) is 1.36. The van der Waals surface area contributed by atoms with E-state index in [1.54, 1.807) is 36.8 Å². The number of nitrogens with one attached hydrogen (secondary N) is 1. The van der Waals surface area contributed by atoms with Gasteiger partial charge < -0.3 is 10.2 Å². The van der Waals surface area contributed by atoms with Crippen molar-refractivity contribution in [2.75, 3.05) is 18.0 Å². The molecule has 0 saturated carbocycles. The van der Waals surface area contributed by atoms with Gasteiger partial charge in [-0.3, -0.25) is 14.8 Å². The molecule has 1 saturated heterocycles. The Morgan fingerprint density at radius 1 is 1.25 bits per heavy atom. The van der Waals surface area contributed by atoms with Crippen LogP contribution in [0.2, 0.25) is 0 Å². The van der Waals surface area contributed by atoms with E-state index in [9.17, 15) is 9.18 Å². The molecule has 1 aliphatic rings.